The second-order valence-electron chi connectivity index (χ2n) is 5.76. The van der Waals surface area contributed by atoms with Crippen molar-refractivity contribution in [3.63, 3.8) is 0 Å². The van der Waals surface area contributed by atoms with Crippen LogP contribution in [0, 0.1) is 0 Å². The molecular weight excluding hydrogens is 366 g/mol. The molecule has 0 saturated heterocycles. The van der Waals surface area contributed by atoms with Gasteiger partial charge in [0.05, 0.1) is 31.2 Å². The smallest absolute Gasteiger partial charge is 0.329 e. The topological polar surface area (TPSA) is 99.0 Å². The Balaban J connectivity index is 1.78. The molecule has 0 fully saturated rings. The molecule has 3 aromatic rings. The van der Waals surface area contributed by atoms with Crippen molar-refractivity contribution in [1.29, 1.82) is 0 Å². The number of amides is 1. The Morgan fingerprint density at radius 1 is 1.30 bits per heavy atom. The second-order valence-corrected chi connectivity index (χ2v) is 6.68. The number of methoxy groups -OCH3 is 1. The van der Waals surface area contributed by atoms with Crippen molar-refractivity contribution in [1.82, 2.24) is 24.8 Å². The third kappa shape index (κ3) is 4.43. The number of thioether (sulfide) groups is 1. The van der Waals surface area contributed by atoms with Crippen LogP contribution in [0.4, 0.5) is 0 Å². The van der Waals surface area contributed by atoms with Crippen LogP contribution in [0.1, 0.15) is 16.1 Å². The fourth-order valence-corrected chi connectivity index (χ4v) is 3.13. The minimum Gasteiger partial charge on any atom is -0.467 e. The molecule has 0 aliphatic rings. The molecule has 3 aromatic heterocycles. The minimum atomic E-state index is -0.713. The zero-order valence-corrected chi connectivity index (χ0v) is 15.8. The molecule has 0 spiro atoms. The molecule has 3 rings (SSSR count). The molecule has 8 nitrogen and oxygen atoms in total. The lowest BCUT2D eigenvalue weighted by molar-refractivity contribution is -0.142. The van der Waals surface area contributed by atoms with Crippen molar-refractivity contribution in [2.24, 2.45) is 0 Å². The van der Waals surface area contributed by atoms with Crippen LogP contribution >= 0.6 is 11.8 Å². The third-order valence-electron chi connectivity index (χ3n) is 3.90. The SMILES string of the molecule is COC(=O)[C@H](CSC)NC(=O)c1cnc2c(c1)ncn2Cc1ccccn1. The first kappa shape index (κ1) is 18.8. The van der Waals surface area contributed by atoms with Crippen molar-refractivity contribution in [2.75, 3.05) is 19.1 Å². The van der Waals surface area contributed by atoms with Gasteiger partial charge in [-0.3, -0.25) is 9.78 Å². The summed E-state index contributed by atoms with van der Waals surface area (Å²) in [6.45, 7) is 0.536. The highest BCUT2D eigenvalue weighted by Crippen LogP contribution is 2.14. The Kier molecular flexibility index (Phi) is 6.02. The monoisotopic (exact) mass is 385 g/mol. The largest absolute Gasteiger partial charge is 0.467 e. The lowest BCUT2D eigenvalue weighted by Gasteiger charge is -2.15. The summed E-state index contributed by atoms with van der Waals surface area (Å²) in [5.74, 6) is -0.452. The summed E-state index contributed by atoms with van der Waals surface area (Å²) >= 11 is 1.44. The fourth-order valence-electron chi connectivity index (χ4n) is 2.57. The summed E-state index contributed by atoms with van der Waals surface area (Å²) in [5, 5.41) is 2.68. The molecule has 0 aromatic carbocycles. The number of nitrogens with zero attached hydrogens (tertiary/aromatic N) is 4. The van der Waals surface area contributed by atoms with E-state index in [9.17, 15) is 9.59 Å². The average molecular weight is 385 g/mol. The van der Waals surface area contributed by atoms with Gasteiger partial charge in [-0.1, -0.05) is 6.07 Å². The maximum absolute atomic E-state index is 12.5. The van der Waals surface area contributed by atoms with Gasteiger partial charge in [0, 0.05) is 18.1 Å². The molecule has 3 heterocycles. The number of ether oxygens (including phenoxy) is 1. The Bertz CT molecular complexity index is 945. The number of fused-ring (bicyclic) bond motifs is 1. The van der Waals surface area contributed by atoms with E-state index in [2.05, 4.69) is 20.3 Å². The molecule has 0 bridgehead atoms. The normalized spacial score (nSPS) is 11.9. The van der Waals surface area contributed by atoms with E-state index in [0.29, 0.717) is 29.0 Å². The van der Waals surface area contributed by atoms with E-state index < -0.39 is 17.9 Å². The van der Waals surface area contributed by atoms with E-state index in [-0.39, 0.29) is 0 Å². The number of hydrogen-bond acceptors (Lipinski definition) is 7. The summed E-state index contributed by atoms with van der Waals surface area (Å²) < 4.78 is 6.59. The van der Waals surface area contributed by atoms with Crippen molar-refractivity contribution in [2.45, 2.75) is 12.6 Å². The highest BCUT2D eigenvalue weighted by atomic mass is 32.2. The van der Waals surface area contributed by atoms with Crippen LogP contribution < -0.4 is 5.32 Å². The number of pyridine rings is 2. The van der Waals surface area contributed by atoms with Gasteiger partial charge in [0.2, 0.25) is 0 Å². The van der Waals surface area contributed by atoms with Gasteiger partial charge < -0.3 is 14.6 Å². The molecule has 1 N–H and O–H groups in total. The highest BCUT2D eigenvalue weighted by molar-refractivity contribution is 7.98. The number of nitrogens with one attached hydrogen (secondary N) is 1. The molecule has 0 saturated carbocycles. The number of aromatic nitrogens is 4. The standard InChI is InChI=1S/C18H19N5O3S/c1-26-18(25)15(10-27-2)22-17(24)12-7-14-16(20-8-12)23(11-21-14)9-13-5-3-4-6-19-13/h3-8,11,15H,9-10H2,1-2H3,(H,22,24)/t15-/m0/s1. The molecular formula is C18H19N5O3S. The van der Waals surface area contributed by atoms with E-state index in [1.54, 1.807) is 18.6 Å². The quantitative estimate of drug-likeness (QED) is 0.616. The van der Waals surface area contributed by atoms with E-state index in [1.807, 2.05) is 29.0 Å². The lowest BCUT2D eigenvalue weighted by atomic mass is 10.2. The molecule has 9 heteroatoms. The van der Waals surface area contributed by atoms with Gasteiger partial charge in [-0.2, -0.15) is 11.8 Å². The van der Waals surface area contributed by atoms with Gasteiger partial charge >= 0.3 is 5.97 Å². The summed E-state index contributed by atoms with van der Waals surface area (Å²) in [4.78, 5) is 37.2. The van der Waals surface area contributed by atoms with Crippen molar-refractivity contribution < 1.29 is 14.3 Å². The maximum Gasteiger partial charge on any atom is 0.329 e. The molecule has 27 heavy (non-hydrogen) atoms. The Labute approximate surface area is 160 Å². The van der Waals surface area contributed by atoms with Gasteiger partial charge in [-0.05, 0) is 24.5 Å². The maximum atomic E-state index is 12.5. The van der Waals surface area contributed by atoms with Gasteiger partial charge in [-0.15, -0.1) is 0 Å². The predicted octanol–water partition coefficient (Wildman–Crippen LogP) is 1.51. The molecule has 0 aliphatic heterocycles. The van der Waals surface area contributed by atoms with Crippen LogP contribution in [-0.2, 0) is 16.1 Å². The number of imidazole rings is 1. The van der Waals surface area contributed by atoms with E-state index in [4.69, 9.17) is 4.74 Å². The summed E-state index contributed by atoms with van der Waals surface area (Å²) in [6, 6.07) is 6.64. The number of hydrogen-bond donors (Lipinski definition) is 1. The van der Waals surface area contributed by atoms with E-state index in [1.165, 1.54) is 25.1 Å². The van der Waals surface area contributed by atoms with E-state index >= 15 is 0 Å². The predicted molar refractivity (Wildman–Crippen MR) is 103 cm³/mol. The Hall–Kier alpha value is -2.94. The summed E-state index contributed by atoms with van der Waals surface area (Å²) in [7, 11) is 1.30. The number of esters is 1. The first-order valence-electron chi connectivity index (χ1n) is 8.20. The van der Waals surface area contributed by atoms with Crippen molar-refractivity contribution in [3.8, 4) is 0 Å². The first-order chi connectivity index (χ1) is 13.1. The first-order valence-corrected chi connectivity index (χ1v) is 9.60. The Morgan fingerprint density at radius 3 is 2.85 bits per heavy atom. The number of carbonyl (C=O) groups excluding carboxylic acids is 2. The van der Waals surface area contributed by atoms with Crippen LogP contribution in [0.3, 0.4) is 0 Å². The van der Waals surface area contributed by atoms with E-state index in [0.717, 1.165) is 5.69 Å². The van der Waals surface area contributed by atoms with Gasteiger partial charge in [0.1, 0.15) is 11.6 Å². The van der Waals surface area contributed by atoms with Gasteiger partial charge in [-0.25, -0.2) is 14.8 Å². The summed E-state index contributed by atoms with van der Waals surface area (Å²) in [6.07, 6.45) is 6.72. The van der Waals surface area contributed by atoms with Crippen LogP contribution in [0.5, 0.6) is 0 Å². The fraction of sp³-hybridized carbons (Fsp3) is 0.278. The molecule has 1 amide bonds. The van der Waals surface area contributed by atoms with Gasteiger partial charge in [0.25, 0.3) is 5.91 Å². The van der Waals surface area contributed by atoms with Gasteiger partial charge in [0.15, 0.2) is 5.65 Å². The van der Waals surface area contributed by atoms with Crippen LogP contribution in [-0.4, -0.2) is 56.6 Å². The molecule has 0 unspecified atom stereocenters. The average Bonchev–Trinajstić information content (AvgIpc) is 3.09. The highest BCUT2D eigenvalue weighted by Gasteiger charge is 2.22. The molecule has 0 aliphatic carbocycles. The molecule has 140 valence electrons. The van der Waals surface area contributed by atoms with Crippen molar-refractivity contribution >= 4 is 34.8 Å². The zero-order valence-electron chi connectivity index (χ0n) is 15.0. The molecule has 0 radical (unpaired) electrons. The minimum absolute atomic E-state index is 0.334. The van der Waals surface area contributed by atoms with Crippen molar-refractivity contribution in [3.05, 3.63) is 54.2 Å². The third-order valence-corrected chi connectivity index (χ3v) is 4.57. The zero-order chi connectivity index (χ0) is 19.2. The number of carbonyl (C=O) groups is 2. The molecule has 1 atom stereocenters. The summed E-state index contributed by atoms with van der Waals surface area (Å²) in [5.41, 5.74) is 2.47. The van der Waals surface area contributed by atoms with Crippen LogP contribution in [0.2, 0.25) is 0 Å². The second kappa shape index (κ2) is 8.63. The number of rotatable bonds is 7. The Morgan fingerprint density at radius 2 is 2.15 bits per heavy atom. The van der Waals surface area contributed by atoms with Crippen LogP contribution in [0.15, 0.2) is 43.0 Å². The van der Waals surface area contributed by atoms with Crippen LogP contribution in [0.25, 0.3) is 11.2 Å². The lowest BCUT2D eigenvalue weighted by Crippen LogP contribution is -2.43.